The van der Waals surface area contributed by atoms with Gasteiger partial charge in [-0.25, -0.2) is 4.39 Å². The van der Waals surface area contributed by atoms with Crippen LogP contribution < -0.4 is 5.73 Å². The van der Waals surface area contributed by atoms with Gasteiger partial charge in [0.2, 0.25) is 0 Å². The lowest BCUT2D eigenvalue weighted by atomic mass is 9.86. The Balaban J connectivity index is 2.49. The van der Waals surface area contributed by atoms with Gasteiger partial charge >= 0.3 is 0 Å². The molecule has 0 bridgehead atoms. The van der Waals surface area contributed by atoms with Gasteiger partial charge in [0.15, 0.2) is 0 Å². The molecule has 0 heterocycles. The lowest BCUT2D eigenvalue weighted by Crippen LogP contribution is -2.35. The summed E-state index contributed by atoms with van der Waals surface area (Å²) in [4.78, 5) is 0. The largest absolute Gasteiger partial charge is 0.321 e. The first-order valence-electron chi connectivity index (χ1n) is 5.18. The van der Waals surface area contributed by atoms with Crippen molar-refractivity contribution in [3.05, 3.63) is 35.1 Å². The Morgan fingerprint density at radius 3 is 2.50 bits per heavy atom. The van der Waals surface area contributed by atoms with Crippen molar-refractivity contribution >= 4 is 0 Å². The minimum Gasteiger partial charge on any atom is -0.321 e. The van der Waals surface area contributed by atoms with Gasteiger partial charge in [-0.1, -0.05) is 25.0 Å². The Morgan fingerprint density at radius 1 is 1.29 bits per heavy atom. The third kappa shape index (κ3) is 1.44. The van der Waals surface area contributed by atoms with Crippen LogP contribution in [0, 0.1) is 12.7 Å². The average molecular weight is 193 g/mol. The summed E-state index contributed by atoms with van der Waals surface area (Å²) in [5.41, 5.74) is 7.55. The number of benzene rings is 1. The number of hydrogen-bond donors (Lipinski definition) is 1. The van der Waals surface area contributed by atoms with Crippen LogP contribution in [0.3, 0.4) is 0 Å². The molecule has 1 fully saturated rings. The van der Waals surface area contributed by atoms with Crippen molar-refractivity contribution in [1.82, 2.24) is 0 Å². The van der Waals surface area contributed by atoms with Crippen molar-refractivity contribution < 1.29 is 4.39 Å². The van der Waals surface area contributed by atoms with Gasteiger partial charge in [0.1, 0.15) is 5.82 Å². The van der Waals surface area contributed by atoms with E-state index in [1.54, 1.807) is 6.07 Å². The van der Waals surface area contributed by atoms with Crippen molar-refractivity contribution in [3.63, 3.8) is 0 Å². The molecule has 0 saturated heterocycles. The molecule has 1 aromatic carbocycles. The molecule has 76 valence electrons. The number of rotatable bonds is 1. The third-order valence-corrected chi connectivity index (χ3v) is 3.22. The Morgan fingerprint density at radius 2 is 1.93 bits per heavy atom. The van der Waals surface area contributed by atoms with Gasteiger partial charge in [0.05, 0.1) is 0 Å². The monoisotopic (exact) mass is 193 g/mol. The van der Waals surface area contributed by atoms with Crippen LogP contribution in [-0.4, -0.2) is 0 Å². The maximum atomic E-state index is 13.7. The van der Waals surface area contributed by atoms with E-state index in [1.165, 1.54) is 6.07 Å². The molecule has 1 saturated carbocycles. The average Bonchev–Trinajstić information content (AvgIpc) is 2.52. The SMILES string of the molecule is Cc1cccc(F)c1C1(N)CCCC1. The highest BCUT2D eigenvalue weighted by atomic mass is 19.1. The number of nitrogens with two attached hydrogens (primary N) is 1. The topological polar surface area (TPSA) is 26.0 Å². The molecule has 0 unspecified atom stereocenters. The number of halogens is 1. The summed E-state index contributed by atoms with van der Waals surface area (Å²) in [6.07, 6.45) is 4.05. The minimum atomic E-state index is -0.407. The van der Waals surface area contributed by atoms with Crippen LogP contribution in [0.4, 0.5) is 4.39 Å². The van der Waals surface area contributed by atoms with Crippen LogP contribution in [-0.2, 0) is 5.54 Å². The fourth-order valence-electron chi connectivity index (χ4n) is 2.52. The van der Waals surface area contributed by atoms with Crippen LogP contribution in [0.5, 0.6) is 0 Å². The number of hydrogen-bond acceptors (Lipinski definition) is 1. The molecule has 0 amide bonds. The van der Waals surface area contributed by atoms with Gasteiger partial charge in [-0.05, 0) is 31.4 Å². The summed E-state index contributed by atoms with van der Waals surface area (Å²) < 4.78 is 13.7. The van der Waals surface area contributed by atoms with Crippen molar-refractivity contribution in [2.75, 3.05) is 0 Å². The molecule has 0 aromatic heterocycles. The van der Waals surface area contributed by atoms with Crippen LogP contribution in [0.15, 0.2) is 18.2 Å². The zero-order valence-corrected chi connectivity index (χ0v) is 8.52. The second-order valence-corrected chi connectivity index (χ2v) is 4.29. The van der Waals surface area contributed by atoms with E-state index in [9.17, 15) is 4.39 Å². The van der Waals surface area contributed by atoms with Crippen molar-refractivity contribution in [3.8, 4) is 0 Å². The first-order chi connectivity index (χ1) is 6.63. The third-order valence-electron chi connectivity index (χ3n) is 3.22. The standard InChI is InChI=1S/C12H16FN/c1-9-5-4-6-10(13)11(9)12(14)7-2-3-8-12/h4-6H,2-3,7-8,14H2,1H3. The quantitative estimate of drug-likeness (QED) is 0.729. The summed E-state index contributed by atoms with van der Waals surface area (Å²) >= 11 is 0. The molecule has 1 aliphatic rings. The molecule has 0 spiro atoms. The van der Waals surface area contributed by atoms with E-state index in [4.69, 9.17) is 5.73 Å². The van der Waals surface area contributed by atoms with E-state index in [2.05, 4.69) is 0 Å². The highest BCUT2D eigenvalue weighted by molar-refractivity contribution is 5.34. The Labute approximate surface area is 84.1 Å². The van der Waals surface area contributed by atoms with Crippen molar-refractivity contribution in [2.24, 2.45) is 5.73 Å². The van der Waals surface area contributed by atoms with E-state index in [0.29, 0.717) is 0 Å². The molecule has 14 heavy (non-hydrogen) atoms. The molecule has 0 atom stereocenters. The predicted octanol–water partition coefficient (Wildman–Crippen LogP) is 2.86. The zero-order valence-electron chi connectivity index (χ0n) is 8.52. The zero-order chi connectivity index (χ0) is 10.2. The lowest BCUT2D eigenvalue weighted by molar-refractivity contribution is 0.430. The first-order valence-corrected chi connectivity index (χ1v) is 5.18. The maximum absolute atomic E-state index is 13.7. The highest BCUT2D eigenvalue weighted by Gasteiger charge is 2.34. The van der Waals surface area contributed by atoms with Gasteiger partial charge in [-0.3, -0.25) is 0 Å². The fraction of sp³-hybridized carbons (Fsp3) is 0.500. The smallest absolute Gasteiger partial charge is 0.128 e. The lowest BCUT2D eigenvalue weighted by Gasteiger charge is -2.26. The summed E-state index contributed by atoms with van der Waals surface area (Å²) in [5.74, 6) is -0.144. The van der Waals surface area contributed by atoms with E-state index < -0.39 is 5.54 Å². The van der Waals surface area contributed by atoms with Gasteiger partial charge in [0.25, 0.3) is 0 Å². The number of aryl methyl sites for hydroxylation is 1. The molecule has 0 radical (unpaired) electrons. The summed E-state index contributed by atoms with van der Waals surface area (Å²) in [7, 11) is 0. The molecule has 1 aliphatic carbocycles. The summed E-state index contributed by atoms with van der Waals surface area (Å²) in [6, 6.07) is 5.19. The van der Waals surface area contributed by atoms with Crippen molar-refractivity contribution in [1.29, 1.82) is 0 Å². The van der Waals surface area contributed by atoms with E-state index in [-0.39, 0.29) is 5.82 Å². The highest BCUT2D eigenvalue weighted by Crippen LogP contribution is 2.38. The first kappa shape index (κ1) is 9.66. The Kier molecular flexibility index (Phi) is 2.31. The second-order valence-electron chi connectivity index (χ2n) is 4.29. The van der Waals surface area contributed by atoms with Crippen LogP contribution in [0.1, 0.15) is 36.8 Å². The van der Waals surface area contributed by atoms with E-state index in [0.717, 1.165) is 36.8 Å². The minimum absolute atomic E-state index is 0.144. The van der Waals surface area contributed by atoms with Gasteiger partial charge in [-0.2, -0.15) is 0 Å². The van der Waals surface area contributed by atoms with Gasteiger partial charge < -0.3 is 5.73 Å². The molecular formula is C12H16FN. The molecule has 2 N–H and O–H groups in total. The fourth-order valence-corrected chi connectivity index (χ4v) is 2.52. The second kappa shape index (κ2) is 3.35. The normalized spacial score (nSPS) is 19.9. The molecule has 1 nitrogen and oxygen atoms in total. The van der Waals surface area contributed by atoms with E-state index in [1.807, 2.05) is 13.0 Å². The summed E-state index contributed by atoms with van der Waals surface area (Å²) in [5, 5.41) is 0. The van der Waals surface area contributed by atoms with Gasteiger partial charge in [-0.15, -0.1) is 0 Å². The Bertz CT molecular complexity index is 320. The van der Waals surface area contributed by atoms with Crippen LogP contribution in [0.2, 0.25) is 0 Å². The van der Waals surface area contributed by atoms with Crippen LogP contribution in [0.25, 0.3) is 0 Å². The molecule has 0 aliphatic heterocycles. The van der Waals surface area contributed by atoms with Gasteiger partial charge in [0, 0.05) is 11.1 Å². The molecule has 1 aromatic rings. The molecule has 2 heteroatoms. The summed E-state index contributed by atoms with van der Waals surface area (Å²) in [6.45, 7) is 1.94. The van der Waals surface area contributed by atoms with Crippen molar-refractivity contribution in [2.45, 2.75) is 38.1 Å². The Hall–Kier alpha value is -0.890. The van der Waals surface area contributed by atoms with Crippen LogP contribution >= 0.6 is 0 Å². The molecular weight excluding hydrogens is 177 g/mol. The molecule has 2 rings (SSSR count). The van der Waals surface area contributed by atoms with E-state index >= 15 is 0 Å². The maximum Gasteiger partial charge on any atom is 0.128 e. The predicted molar refractivity (Wildman–Crippen MR) is 55.5 cm³/mol.